The summed E-state index contributed by atoms with van der Waals surface area (Å²) in [6.45, 7) is 0. The number of fused-ring (bicyclic) bond motifs is 1. The third kappa shape index (κ3) is 2.68. The standard InChI is InChI=1S/C16H19N3O3/c20-14(17-16(15(21)22)8-4-1-5-9-16)10-13-11-6-2-3-7-12(11)18-19-13/h2-3,6-7H,1,4-5,8-10H2,(H,17,20)(H,18,19)(H,21,22). The Morgan fingerprint density at radius 2 is 1.95 bits per heavy atom. The van der Waals surface area contributed by atoms with Gasteiger partial charge in [0.05, 0.1) is 17.6 Å². The number of hydrogen-bond acceptors (Lipinski definition) is 3. The lowest BCUT2D eigenvalue weighted by atomic mass is 9.81. The van der Waals surface area contributed by atoms with Gasteiger partial charge in [0.25, 0.3) is 0 Å². The van der Waals surface area contributed by atoms with E-state index in [0.717, 1.165) is 30.2 Å². The van der Waals surface area contributed by atoms with Gasteiger partial charge in [0.2, 0.25) is 5.91 Å². The van der Waals surface area contributed by atoms with Gasteiger partial charge in [-0.05, 0) is 18.9 Å². The fourth-order valence-electron chi connectivity index (χ4n) is 3.17. The summed E-state index contributed by atoms with van der Waals surface area (Å²) < 4.78 is 0. The molecule has 1 saturated carbocycles. The molecule has 22 heavy (non-hydrogen) atoms. The van der Waals surface area contributed by atoms with Crippen LogP contribution < -0.4 is 5.32 Å². The van der Waals surface area contributed by atoms with Gasteiger partial charge >= 0.3 is 5.97 Å². The van der Waals surface area contributed by atoms with Gasteiger partial charge in [-0.2, -0.15) is 5.10 Å². The van der Waals surface area contributed by atoms with Crippen molar-refractivity contribution in [1.29, 1.82) is 0 Å². The predicted molar refractivity (Wildman–Crippen MR) is 81.4 cm³/mol. The summed E-state index contributed by atoms with van der Waals surface area (Å²) in [4.78, 5) is 23.9. The van der Waals surface area contributed by atoms with Gasteiger partial charge in [0.1, 0.15) is 5.54 Å². The second kappa shape index (κ2) is 5.79. The third-order valence-corrected chi connectivity index (χ3v) is 4.37. The smallest absolute Gasteiger partial charge is 0.329 e. The minimum atomic E-state index is -1.11. The van der Waals surface area contributed by atoms with E-state index >= 15 is 0 Å². The van der Waals surface area contributed by atoms with Crippen molar-refractivity contribution in [2.75, 3.05) is 0 Å². The average Bonchev–Trinajstić information content (AvgIpc) is 2.91. The van der Waals surface area contributed by atoms with Gasteiger partial charge in [-0.15, -0.1) is 0 Å². The van der Waals surface area contributed by atoms with Crippen molar-refractivity contribution >= 4 is 22.8 Å². The number of carbonyl (C=O) groups is 2. The minimum absolute atomic E-state index is 0.107. The van der Waals surface area contributed by atoms with Gasteiger partial charge in [-0.1, -0.05) is 37.5 Å². The number of nitrogens with zero attached hydrogens (tertiary/aromatic N) is 1. The van der Waals surface area contributed by atoms with Crippen molar-refractivity contribution in [3.05, 3.63) is 30.0 Å². The van der Waals surface area contributed by atoms with E-state index in [-0.39, 0.29) is 12.3 Å². The van der Waals surface area contributed by atoms with E-state index in [4.69, 9.17) is 0 Å². The maximum atomic E-state index is 12.3. The zero-order valence-corrected chi connectivity index (χ0v) is 12.3. The van der Waals surface area contributed by atoms with Crippen LogP contribution in [0.1, 0.15) is 37.8 Å². The molecule has 1 heterocycles. The maximum Gasteiger partial charge on any atom is 0.329 e. The Morgan fingerprint density at radius 3 is 2.68 bits per heavy atom. The van der Waals surface area contributed by atoms with Crippen LogP contribution in [0.3, 0.4) is 0 Å². The van der Waals surface area contributed by atoms with E-state index in [0.29, 0.717) is 18.5 Å². The van der Waals surface area contributed by atoms with Crippen molar-refractivity contribution in [1.82, 2.24) is 15.5 Å². The molecule has 0 bridgehead atoms. The maximum absolute atomic E-state index is 12.3. The van der Waals surface area contributed by atoms with Crippen LogP contribution in [0, 0.1) is 0 Å². The lowest BCUT2D eigenvalue weighted by Gasteiger charge is -2.33. The molecule has 6 nitrogen and oxygen atoms in total. The number of benzene rings is 1. The number of rotatable bonds is 4. The predicted octanol–water partition coefficient (Wildman–Crippen LogP) is 2.01. The SMILES string of the molecule is O=C(Cc1[nH]nc2ccccc12)NC1(C(=O)O)CCCCC1. The highest BCUT2D eigenvalue weighted by molar-refractivity contribution is 5.91. The summed E-state index contributed by atoms with van der Waals surface area (Å²) in [6.07, 6.45) is 3.79. The van der Waals surface area contributed by atoms with E-state index in [1.165, 1.54) is 0 Å². The van der Waals surface area contributed by atoms with Gasteiger partial charge in [-0.25, -0.2) is 4.79 Å². The Kier molecular flexibility index (Phi) is 3.83. The Morgan fingerprint density at radius 1 is 1.23 bits per heavy atom. The first-order valence-corrected chi connectivity index (χ1v) is 7.57. The molecular formula is C16H19N3O3. The number of aromatic amines is 1. The highest BCUT2D eigenvalue weighted by Gasteiger charge is 2.40. The van der Waals surface area contributed by atoms with E-state index in [2.05, 4.69) is 15.5 Å². The number of aliphatic carboxylic acids is 1. The molecule has 3 N–H and O–H groups in total. The Hall–Kier alpha value is -2.37. The van der Waals surface area contributed by atoms with Crippen molar-refractivity contribution in [3.8, 4) is 0 Å². The van der Waals surface area contributed by atoms with Crippen LogP contribution in [-0.2, 0) is 16.0 Å². The van der Waals surface area contributed by atoms with E-state index in [1.54, 1.807) is 0 Å². The summed E-state index contributed by atoms with van der Waals surface area (Å²) in [6, 6.07) is 7.54. The van der Waals surface area contributed by atoms with Crippen molar-refractivity contribution < 1.29 is 14.7 Å². The minimum Gasteiger partial charge on any atom is -0.480 e. The third-order valence-electron chi connectivity index (χ3n) is 4.37. The lowest BCUT2D eigenvalue weighted by Crippen LogP contribution is -2.56. The number of hydrogen-bond donors (Lipinski definition) is 3. The van der Waals surface area contributed by atoms with E-state index < -0.39 is 11.5 Å². The van der Waals surface area contributed by atoms with E-state index in [1.807, 2.05) is 24.3 Å². The van der Waals surface area contributed by atoms with Crippen LogP contribution in [0.4, 0.5) is 0 Å². The quantitative estimate of drug-likeness (QED) is 0.805. The Balaban J connectivity index is 1.75. The van der Waals surface area contributed by atoms with Crippen LogP contribution in [0.15, 0.2) is 24.3 Å². The number of carbonyl (C=O) groups excluding carboxylic acids is 1. The van der Waals surface area contributed by atoms with Crippen LogP contribution in [-0.4, -0.2) is 32.7 Å². The normalized spacial score (nSPS) is 17.3. The monoisotopic (exact) mass is 301 g/mol. The molecule has 0 saturated heterocycles. The fraction of sp³-hybridized carbons (Fsp3) is 0.438. The largest absolute Gasteiger partial charge is 0.480 e. The topological polar surface area (TPSA) is 95.1 Å². The molecular weight excluding hydrogens is 282 g/mol. The molecule has 1 fully saturated rings. The molecule has 1 aliphatic rings. The van der Waals surface area contributed by atoms with Crippen LogP contribution >= 0.6 is 0 Å². The van der Waals surface area contributed by atoms with Gasteiger partial charge < -0.3 is 10.4 Å². The molecule has 116 valence electrons. The second-order valence-electron chi connectivity index (χ2n) is 5.89. The molecule has 1 aromatic carbocycles. The number of carboxylic acid groups (broad SMARTS) is 1. The number of amides is 1. The molecule has 6 heteroatoms. The molecule has 2 aromatic rings. The highest BCUT2D eigenvalue weighted by Crippen LogP contribution is 2.28. The van der Waals surface area contributed by atoms with Crippen LogP contribution in [0.2, 0.25) is 0 Å². The zero-order valence-electron chi connectivity index (χ0n) is 12.3. The Bertz CT molecular complexity index is 701. The summed E-state index contributed by atoms with van der Waals surface area (Å²) in [5.74, 6) is -1.21. The van der Waals surface area contributed by atoms with E-state index in [9.17, 15) is 14.7 Å². The highest BCUT2D eigenvalue weighted by atomic mass is 16.4. The van der Waals surface area contributed by atoms with Crippen LogP contribution in [0.5, 0.6) is 0 Å². The first kappa shape index (κ1) is 14.6. The molecule has 1 aromatic heterocycles. The molecule has 1 amide bonds. The molecule has 3 rings (SSSR count). The van der Waals surface area contributed by atoms with Crippen molar-refractivity contribution in [2.45, 2.75) is 44.1 Å². The van der Waals surface area contributed by atoms with Crippen LogP contribution in [0.25, 0.3) is 10.9 Å². The molecule has 1 aliphatic carbocycles. The molecule has 0 spiro atoms. The summed E-state index contributed by atoms with van der Waals surface area (Å²) in [5, 5.41) is 20.2. The first-order valence-electron chi connectivity index (χ1n) is 7.57. The molecule has 0 aliphatic heterocycles. The van der Waals surface area contributed by atoms with Crippen molar-refractivity contribution in [3.63, 3.8) is 0 Å². The molecule has 0 unspecified atom stereocenters. The summed E-state index contributed by atoms with van der Waals surface area (Å²) in [5.41, 5.74) is 0.408. The number of aromatic nitrogens is 2. The number of para-hydroxylation sites is 1. The van der Waals surface area contributed by atoms with Gasteiger partial charge in [-0.3, -0.25) is 9.89 Å². The second-order valence-corrected chi connectivity index (χ2v) is 5.89. The zero-order chi connectivity index (χ0) is 15.6. The number of nitrogens with one attached hydrogen (secondary N) is 2. The van der Waals surface area contributed by atoms with Gasteiger partial charge in [0.15, 0.2) is 0 Å². The Labute approximate surface area is 127 Å². The first-order chi connectivity index (χ1) is 10.6. The average molecular weight is 301 g/mol. The summed E-state index contributed by atoms with van der Waals surface area (Å²) in [7, 11) is 0. The van der Waals surface area contributed by atoms with Gasteiger partial charge in [0, 0.05) is 5.39 Å². The molecule has 0 radical (unpaired) electrons. The lowest BCUT2D eigenvalue weighted by molar-refractivity contribution is -0.149. The summed E-state index contributed by atoms with van der Waals surface area (Å²) >= 11 is 0. The van der Waals surface area contributed by atoms with Crippen molar-refractivity contribution in [2.24, 2.45) is 0 Å². The number of carboxylic acids is 1. The molecule has 0 atom stereocenters. The fourth-order valence-corrected chi connectivity index (χ4v) is 3.17. The number of H-pyrrole nitrogens is 1.